The lowest BCUT2D eigenvalue weighted by molar-refractivity contribution is -0.140. The molecule has 1 atom stereocenters. The molecule has 0 bridgehead atoms. The molecule has 1 N–H and O–H groups in total. The monoisotopic (exact) mass is 633 g/mol. The van der Waals surface area contributed by atoms with Crippen LogP contribution in [0, 0.1) is 6.92 Å². The fourth-order valence-electron chi connectivity index (χ4n) is 4.49. The topological polar surface area (TPSA) is 96.0 Å². The Morgan fingerprint density at radius 1 is 1.00 bits per heavy atom. The fraction of sp³-hybridized carbons (Fsp3) is 0.355. The zero-order valence-electron chi connectivity index (χ0n) is 24.3. The predicted molar refractivity (Wildman–Crippen MR) is 168 cm³/mol. The number of unbranched alkanes of at least 4 members (excludes halogenated alkanes) is 1. The van der Waals surface area contributed by atoms with Crippen molar-refractivity contribution < 1.29 is 22.7 Å². The van der Waals surface area contributed by atoms with E-state index in [1.54, 1.807) is 61.5 Å². The van der Waals surface area contributed by atoms with Crippen LogP contribution in [0.15, 0.2) is 71.6 Å². The lowest BCUT2D eigenvalue weighted by atomic mass is 10.1. The number of nitrogens with zero attached hydrogens (tertiary/aromatic N) is 2. The quantitative estimate of drug-likeness (QED) is 0.212. The van der Waals surface area contributed by atoms with Crippen LogP contribution < -0.4 is 14.4 Å². The Morgan fingerprint density at radius 2 is 1.71 bits per heavy atom. The number of carbonyl (C=O) groups is 2. The third kappa shape index (κ3) is 8.18. The largest absolute Gasteiger partial charge is 0.495 e. The van der Waals surface area contributed by atoms with Gasteiger partial charge in [-0.1, -0.05) is 73.8 Å². The lowest BCUT2D eigenvalue weighted by Gasteiger charge is -2.33. The summed E-state index contributed by atoms with van der Waals surface area (Å²) in [6, 6.07) is 17.0. The van der Waals surface area contributed by atoms with Crippen molar-refractivity contribution >= 4 is 50.7 Å². The number of hydrogen-bond acceptors (Lipinski definition) is 5. The summed E-state index contributed by atoms with van der Waals surface area (Å²) in [6.07, 6.45) is 1.98. The predicted octanol–water partition coefficient (Wildman–Crippen LogP) is 6.23. The molecule has 226 valence electrons. The molecule has 11 heteroatoms. The third-order valence-corrected chi connectivity index (χ3v) is 9.15. The van der Waals surface area contributed by atoms with Gasteiger partial charge in [-0.15, -0.1) is 0 Å². The number of halogens is 2. The number of amides is 2. The van der Waals surface area contributed by atoms with Crippen molar-refractivity contribution in [3.63, 3.8) is 0 Å². The first-order valence-corrected chi connectivity index (χ1v) is 16.0. The maximum Gasteiger partial charge on any atom is 0.264 e. The Kier molecular flexibility index (Phi) is 12.1. The minimum absolute atomic E-state index is 0.0120. The second kappa shape index (κ2) is 15.3. The van der Waals surface area contributed by atoms with E-state index in [0.717, 1.165) is 22.7 Å². The average molecular weight is 635 g/mol. The van der Waals surface area contributed by atoms with Gasteiger partial charge in [0.2, 0.25) is 11.8 Å². The zero-order valence-corrected chi connectivity index (χ0v) is 26.6. The molecule has 0 saturated heterocycles. The van der Waals surface area contributed by atoms with Gasteiger partial charge in [0.25, 0.3) is 10.0 Å². The van der Waals surface area contributed by atoms with Crippen LogP contribution in [-0.2, 0) is 26.2 Å². The molecule has 3 aromatic carbocycles. The number of ether oxygens (including phenoxy) is 1. The highest BCUT2D eigenvalue weighted by Crippen LogP contribution is 2.34. The van der Waals surface area contributed by atoms with E-state index in [4.69, 9.17) is 27.9 Å². The van der Waals surface area contributed by atoms with Gasteiger partial charge >= 0.3 is 0 Å². The van der Waals surface area contributed by atoms with Gasteiger partial charge in [-0.05, 0) is 67.3 Å². The van der Waals surface area contributed by atoms with Crippen LogP contribution in [0.25, 0.3) is 0 Å². The highest BCUT2D eigenvalue weighted by Gasteiger charge is 2.35. The summed E-state index contributed by atoms with van der Waals surface area (Å²) in [7, 11) is -2.79. The van der Waals surface area contributed by atoms with E-state index >= 15 is 0 Å². The Hall–Kier alpha value is -3.27. The van der Waals surface area contributed by atoms with Crippen molar-refractivity contribution in [2.24, 2.45) is 0 Å². The molecular weight excluding hydrogens is 597 g/mol. The maximum atomic E-state index is 14.2. The van der Waals surface area contributed by atoms with Gasteiger partial charge in [0.05, 0.1) is 17.7 Å². The normalized spacial score (nSPS) is 12.0. The van der Waals surface area contributed by atoms with E-state index in [9.17, 15) is 18.0 Å². The summed E-state index contributed by atoms with van der Waals surface area (Å²) in [6.45, 7) is 5.49. The Balaban J connectivity index is 2.11. The molecular formula is C31H37Cl2N3O5S. The van der Waals surface area contributed by atoms with Crippen LogP contribution in [0.5, 0.6) is 5.75 Å². The van der Waals surface area contributed by atoms with E-state index in [0.29, 0.717) is 28.6 Å². The summed E-state index contributed by atoms with van der Waals surface area (Å²) in [5, 5.41) is 3.67. The first-order chi connectivity index (χ1) is 20.0. The van der Waals surface area contributed by atoms with Crippen LogP contribution >= 0.6 is 23.2 Å². The minimum atomic E-state index is -4.23. The molecule has 3 aromatic rings. The molecule has 0 aliphatic rings. The van der Waals surface area contributed by atoms with Crippen LogP contribution in [0.3, 0.4) is 0 Å². The summed E-state index contributed by atoms with van der Waals surface area (Å²) in [5.41, 5.74) is 1.55. The standard InChI is InChI=1S/C31H37Cl2N3O5S/c1-5-7-17-34-31(38)27(6-2)35(20-23-14-15-24(32)19-26(23)33)30(37)21-36(28-18-22(3)13-16-29(28)41-4)42(39,40)25-11-9-8-10-12-25/h8-16,18-19,27H,5-7,17,20-21H2,1-4H3,(H,34,38)/t27-/m0/s1. The van der Waals surface area contributed by atoms with Gasteiger partial charge in [0, 0.05) is 23.1 Å². The lowest BCUT2D eigenvalue weighted by Crippen LogP contribution is -2.52. The van der Waals surface area contributed by atoms with Crippen molar-refractivity contribution in [2.75, 3.05) is 24.5 Å². The number of carbonyl (C=O) groups excluding carboxylic acids is 2. The van der Waals surface area contributed by atoms with Crippen LogP contribution in [-0.4, -0.2) is 51.4 Å². The van der Waals surface area contributed by atoms with Gasteiger partial charge in [-0.2, -0.15) is 0 Å². The SMILES string of the molecule is CCCCNC(=O)[C@H](CC)N(Cc1ccc(Cl)cc1Cl)C(=O)CN(c1cc(C)ccc1OC)S(=O)(=O)c1ccccc1. The molecule has 0 spiro atoms. The maximum absolute atomic E-state index is 14.2. The van der Waals surface area contributed by atoms with Gasteiger partial charge in [-0.3, -0.25) is 13.9 Å². The van der Waals surface area contributed by atoms with E-state index in [2.05, 4.69) is 5.32 Å². The Labute approximate surface area is 258 Å². The number of anilines is 1. The molecule has 0 aliphatic heterocycles. The smallest absolute Gasteiger partial charge is 0.264 e. The highest BCUT2D eigenvalue weighted by atomic mass is 35.5. The average Bonchev–Trinajstić information content (AvgIpc) is 2.97. The van der Waals surface area contributed by atoms with Gasteiger partial charge < -0.3 is 15.0 Å². The number of nitrogens with one attached hydrogen (secondary N) is 1. The number of benzene rings is 3. The summed E-state index contributed by atoms with van der Waals surface area (Å²) in [4.78, 5) is 29.0. The van der Waals surface area contributed by atoms with E-state index in [1.807, 2.05) is 13.8 Å². The van der Waals surface area contributed by atoms with E-state index in [-0.39, 0.29) is 28.8 Å². The number of sulfonamides is 1. The van der Waals surface area contributed by atoms with Crippen molar-refractivity contribution in [1.82, 2.24) is 10.2 Å². The summed E-state index contributed by atoms with van der Waals surface area (Å²) in [5.74, 6) is -0.624. The number of rotatable bonds is 14. The van der Waals surface area contributed by atoms with Gasteiger partial charge in [0.15, 0.2) is 0 Å². The second-order valence-corrected chi connectivity index (χ2v) is 12.5. The van der Waals surface area contributed by atoms with Crippen LogP contribution in [0.4, 0.5) is 5.69 Å². The van der Waals surface area contributed by atoms with Crippen molar-refractivity contribution in [2.45, 2.75) is 57.5 Å². The molecule has 8 nitrogen and oxygen atoms in total. The number of methoxy groups -OCH3 is 1. The highest BCUT2D eigenvalue weighted by molar-refractivity contribution is 7.92. The molecule has 0 aliphatic carbocycles. The molecule has 0 saturated carbocycles. The summed E-state index contributed by atoms with van der Waals surface area (Å²) >= 11 is 12.6. The van der Waals surface area contributed by atoms with Gasteiger partial charge in [0.1, 0.15) is 18.3 Å². The first kappa shape index (κ1) is 33.2. The third-order valence-electron chi connectivity index (χ3n) is 6.78. The zero-order chi connectivity index (χ0) is 30.9. The van der Waals surface area contributed by atoms with Crippen LogP contribution in [0.1, 0.15) is 44.2 Å². The molecule has 2 amide bonds. The van der Waals surface area contributed by atoms with Gasteiger partial charge in [-0.25, -0.2) is 8.42 Å². The van der Waals surface area contributed by atoms with Crippen molar-refractivity contribution in [3.05, 3.63) is 87.9 Å². The molecule has 3 rings (SSSR count). The van der Waals surface area contributed by atoms with Crippen molar-refractivity contribution in [3.8, 4) is 5.75 Å². The first-order valence-electron chi connectivity index (χ1n) is 13.8. The van der Waals surface area contributed by atoms with Crippen molar-refractivity contribution in [1.29, 1.82) is 0 Å². The molecule has 42 heavy (non-hydrogen) atoms. The molecule has 0 heterocycles. The molecule has 0 fully saturated rings. The molecule has 0 aromatic heterocycles. The minimum Gasteiger partial charge on any atom is -0.495 e. The Bertz CT molecular complexity index is 1490. The molecule has 0 radical (unpaired) electrons. The number of aryl methyl sites for hydroxylation is 1. The Morgan fingerprint density at radius 3 is 2.33 bits per heavy atom. The van der Waals surface area contributed by atoms with E-state index in [1.165, 1.54) is 24.1 Å². The number of hydrogen-bond donors (Lipinski definition) is 1. The molecule has 0 unspecified atom stereocenters. The van der Waals surface area contributed by atoms with Crippen LogP contribution in [0.2, 0.25) is 10.0 Å². The fourth-order valence-corrected chi connectivity index (χ4v) is 6.39. The second-order valence-electron chi connectivity index (χ2n) is 9.83. The van der Waals surface area contributed by atoms with E-state index < -0.39 is 28.5 Å². The summed E-state index contributed by atoms with van der Waals surface area (Å²) < 4.78 is 34.7.